The number of aliphatic hydroxyl groups excluding tert-OH is 1. The minimum absolute atomic E-state index is 0.192. The van der Waals surface area contributed by atoms with E-state index in [0.29, 0.717) is 18.4 Å². The summed E-state index contributed by atoms with van der Waals surface area (Å²) in [7, 11) is -3.16. The molecule has 2 rings (SSSR count). The zero-order valence-corrected chi connectivity index (χ0v) is 13.7. The Morgan fingerprint density at radius 3 is 2.65 bits per heavy atom. The second-order valence-electron chi connectivity index (χ2n) is 4.13. The molecule has 7 heteroatoms. The molecule has 1 aromatic rings. The van der Waals surface area contributed by atoms with Gasteiger partial charge in [0, 0.05) is 5.56 Å². The Bertz CT molecular complexity index is 510. The maximum Gasteiger partial charge on any atom is 0.156 e. The first-order chi connectivity index (χ1) is 7.92. The normalized spacial score (nSPS) is 25.7. The van der Waals surface area contributed by atoms with Gasteiger partial charge in [-0.3, -0.25) is 0 Å². The first kappa shape index (κ1) is 14.0. The Hall–Kier alpha value is 0.570. The number of halogens is 2. The zero-order chi connectivity index (χ0) is 12.6. The van der Waals surface area contributed by atoms with Crippen LogP contribution in [0.25, 0.3) is 0 Å². The second kappa shape index (κ2) is 5.28. The molecule has 1 aliphatic rings. The highest BCUT2D eigenvalue weighted by atomic mass is 79.9. The van der Waals surface area contributed by atoms with E-state index in [1.165, 1.54) is 11.3 Å². The van der Waals surface area contributed by atoms with Crippen molar-refractivity contribution in [2.45, 2.75) is 30.6 Å². The van der Waals surface area contributed by atoms with E-state index in [0.717, 1.165) is 14.0 Å². The fourth-order valence-electron chi connectivity index (χ4n) is 2.09. The van der Waals surface area contributed by atoms with Crippen molar-refractivity contribution in [1.82, 2.24) is 0 Å². The van der Waals surface area contributed by atoms with E-state index in [-0.39, 0.29) is 5.75 Å². The van der Waals surface area contributed by atoms with Gasteiger partial charge in [0.2, 0.25) is 0 Å². The topological polar surface area (TPSA) is 54.4 Å². The highest BCUT2D eigenvalue weighted by Gasteiger charge is 2.36. The minimum Gasteiger partial charge on any atom is -0.387 e. The maximum absolute atomic E-state index is 11.9. The van der Waals surface area contributed by atoms with Gasteiger partial charge in [-0.25, -0.2) is 8.42 Å². The van der Waals surface area contributed by atoms with Crippen LogP contribution >= 0.6 is 43.2 Å². The van der Waals surface area contributed by atoms with E-state index in [4.69, 9.17) is 0 Å². The summed E-state index contributed by atoms with van der Waals surface area (Å²) in [5.41, 5.74) is 0.664. The molecule has 3 nitrogen and oxygen atoms in total. The summed E-state index contributed by atoms with van der Waals surface area (Å²) in [5.74, 6) is 0.192. The molecule has 0 aliphatic carbocycles. The Morgan fingerprint density at radius 2 is 2.12 bits per heavy atom. The van der Waals surface area contributed by atoms with Crippen LogP contribution in [0.2, 0.25) is 0 Å². The monoisotopic (exact) mass is 402 g/mol. The third kappa shape index (κ3) is 2.94. The molecule has 17 heavy (non-hydrogen) atoms. The van der Waals surface area contributed by atoms with Crippen LogP contribution in [-0.2, 0) is 9.84 Å². The Balaban J connectivity index is 2.31. The lowest BCUT2D eigenvalue weighted by atomic mass is 10.1. The molecule has 0 saturated carbocycles. The first-order valence-electron chi connectivity index (χ1n) is 5.26. The van der Waals surface area contributed by atoms with Gasteiger partial charge in [0.15, 0.2) is 9.84 Å². The van der Waals surface area contributed by atoms with E-state index in [2.05, 4.69) is 31.9 Å². The molecule has 1 aromatic heterocycles. The zero-order valence-electron chi connectivity index (χ0n) is 8.90. The molecule has 1 N–H and O–H groups in total. The number of hydrogen-bond acceptors (Lipinski definition) is 4. The lowest BCUT2D eigenvalue weighted by Gasteiger charge is -2.26. The van der Waals surface area contributed by atoms with Crippen molar-refractivity contribution in [3.63, 3.8) is 0 Å². The average Bonchev–Trinajstić information content (AvgIpc) is 2.56. The Labute approximate surface area is 121 Å². The fourth-order valence-corrected chi connectivity index (χ4v) is 6.97. The van der Waals surface area contributed by atoms with Gasteiger partial charge >= 0.3 is 0 Å². The SMILES string of the molecule is O=S1(=O)CCCCC1C(O)c1cc(Br)sc1Br. The van der Waals surface area contributed by atoms with Gasteiger partial charge in [-0.15, -0.1) is 11.3 Å². The Morgan fingerprint density at radius 1 is 1.41 bits per heavy atom. The van der Waals surface area contributed by atoms with Crippen LogP contribution in [0.4, 0.5) is 0 Å². The summed E-state index contributed by atoms with van der Waals surface area (Å²) in [5, 5.41) is 9.59. The van der Waals surface area contributed by atoms with Crippen LogP contribution in [0.3, 0.4) is 0 Å². The van der Waals surface area contributed by atoms with Crippen molar-refractivity contribution in [3.05, 3.63) is 19.2 Å². The van der Waals surface area contributed by atoms with E-state index in [1.54, 1.807) is 6.07 Å². The highest BCUT2D eigenvalue weighted by Crippen LogP contribution is 2.39. The van der Waals surface area contributed by atoms with Crippen LogP contribution in [0, 0.1) is 0 Å². The predicted octanol–water partition coefficient (Wildman–Crippen LogP) is 3.27. The van der Waals surface area contributed by atoms with Gasteiger partial charge in [0.1, 0.15) is 0 Å². The average molecular weight is 404 g/mol. The molecule has 0 spiro atoms. The van der Waals surface area contributed by atoms with Gasteiger partial charge in [-0.1, -0.05) is 6.42 Å². The molecule has 2 atom stereocenters. The predicted molar refractivity (Wildman–Crippen MR) is 76.1 cm³/mol. The maximum atomic E-state index is 11.9. The van der Waals surface area contributed by atoms with Gasteiger partial charge < -0.3 is 5.11 Å². The summed E-state index contributed by atoms with van der Waals surface area (Å²) in [6.07, 6.45) is 1.19. The molecule has 96 valence electrons. The molecule has 2 heterocycles. The van der Waals surface area contributed by atoms with Crippen LogP contribution < -0.4 is 0 Å². The van der Waals surface area contributed by atoms with Crippen LogP contribution in [0.15, 0.2) is 13.6 Å². The van der Waals surface area contributed by atoms with E-state index >= 15 is 0 Å². The summed E-state index contributed by atoms with van der Waals surface area (Å²) in [6.45, 7) is 0. The summed E-state index contributed by atoms with van der Waals surface area (Å²) in [4.78, 5) is 0. The van der Waals surface area contributed by atoms with Crippen molar-refractivity contribution in [3.8, 4) is 0 Å². The molecule has 1 saturated heterocycles. The molecule has 0 aromatic carbocycles. The van der Waals surface area contributed by atoms with E-state index in [1.807, 2.05) is 0 Å². The molecule has 1 aliphatic heterocycles. The van der Waals surface area contributed by atoms with Crippen LogP contribution in [0.5, 0.6) is 0 Å². The van der Waals surface area contributed by atoms with E-state index < -0.39 is 21.2 Å². The van der Waals surface area contributed by atoms with E-state index in [9.17, 15) is 13.5 Å². The second-order valence-corrected chi connectivity index (χ2v) is 10.2. The van der Waals surface area contributed by atoms with Gasteiger partial charge in [0.25, 0.3) is 0 Å². The number of rotatable bonds is 2. The molecule has 0 radical (unpaired) electrons. The third-order valence-corrected chi connectivity index (χ3v) is 7.64. The molecular formula is C10H12Br2O3S2. The first-order valence-corrected chi connectivity index (χ1v) is 9.38. The lowest BCUT2D eigenvalue weighted by molar-refractivity contribution is 0.164. The minimum atomic E-state index is -3.16. The van der Waals surface area contributed by atoms with Gasteiger partial charge in [0.05, 0.1) is 24.7 Å². The van der Waals surface area contributed by atoms with Crippen molar-refractivity contribution in [2.75, 3.05) is 5.75 Å². The quantitative estimate of drug-likeness (QED) is 0.824. The van der Waals surface area contributed by atoms with Crippen LogP contribution in [0.1, 0.15) is 30.9 Å². The Kier molecular flexibility index (Phi) is 4.35. The summed E-state index contributed by atoms with van der Waals surface area (Å²) in [6, 6.07) is 1.78. The van der Waals surface area contributed by atoms with Crippen molar-refractivity contribution >= 4 is 53.0 Å². The number of thiophene rings is 1. The standard InChI is InChI=1S/C10H12Br2O3S2/c11-8-5-6(10(12)16-8)9(13)7-3-1-2-4-17(7,14)15/h5,7,9,13H,1-4H2. The number of sulfone groups is 1. The molecule has 2 unspecified atom stereocenters. The lowest BCUT2D eigenvalue weighted by Crippen LogP contribution is -2.33. The van der Waals surface area contributed by atoms with Gasteiger partial charge in [-0.05, 0) is 50.8 Å². The largest absolute Gasteiger partial charge is 0.387 e. The molecule has 0 bridgehead atoms. The van der Waals surface area contributed by atoms with Crippen molar-refractivity contribution in [2.24, 2.45) is 0 Å². The highest BCUT2D eigenvalue weighted by molar-refractivity contribution is 9.12. The molecular weight excluding hydrogens is 392 g/mol. The van der Waals surface area contributed by atoms with Gasteiger partial charge in [-0.2, -0.15) is 0 Å². The summed E-state index contributed by atoms with van der Waals surface area (Å²) >= 11 is 8.13. The number of aliphatic hydroxyl groups is 1. The van der Waals surface area contributed by atoms with Crippen molar-refractivity contribution in [1.29, 1.82) is 0 Å². The molecule has 0 amide bonds. The third-order valence-electron chi connectivity index (χ3n) is 2.98. The van der Waals surface area contributed by atoms with Crippen LogP contribution in [-0.4, -0.2) is 24.5 Å². The smallest absolute Gasteiger partial charge is 0.156 e. The number of hydrogen-bond donors (Lipinski definition) is 1. The fraction of sp³-hybridized carbons (Fsp3) is 0.600. The summed E-state index contributed by atoms with van der Waals surface area (Å²) < 4.78 is 25.5. The van der Waals surface area contributed by atoms with Crippen molar-refractivity contribution < 1.29 is 13.5 Å². The molecule has 1 fully saturated rings.